The number of piperidine rings is 1. The SMILES string of the molecule is COCc1nncn1C1CCN(S(=O)(=O)c2cccc(F)c2)CC1. The van der Waals surface area contributed by atoms with Crippen LogP contribution in [0.15, 0.2) is 35.5 Å². The van der Waals surface area contributed by atoms with Crippen LogP contribution in [0.25, 0.3) is 0 Å². The number of benzene rings is 1. The number of rotatable bonds is 5. The standard InChI is InChI=1S/C15H19FN4O3S/c1-23-10-15-18-17-11-20(15)13-5-7-19(8-6-13)24(21,22)14-4-2-3-12(16)9-14/h2-4,9,11,13H,5-8,10H2,1H3. The zero-order chi connectivity index (χ0) is 17.2. The minimum absolute atomic E-state index is 0.00896. The molecule has 0 atom stereocenters. The summed E-state index contributed by atoms with van der Waals surface area (Å²) < 4.78 is 47.0. The maximum atomic E-state index is 13.3. The molecule has 130 valence electrons. The van der Waals surface area contributed by atoms with Crippen LogP contribution >= 0.6 is 0 Å². The fourth-order valence-electron chi connectivity index (χ4n) is 2.94. The van der Waals surface area contributed by atoms with Crippen LogP contribution in [0.3, 0.4) is 0 Å². The summed E-state index contributed by atoms with van der Waals surface area (Å²) in [6.45, 7) is 1.10. The van der Waals surface area contributed by atoms with Crippen LogP contribution < -0.4 is 0 Å². The van der Waals surface area contributed by atoms with E-state index in [0.717, 1.165) is 11.9 Å². The summed E-state index contributed by atoms with van der Waals surface area (Å²) in [5.74, 6) is 0.170. The lowest BCUT2D eigenvalue weighted by molar-refractivity contribution is 0.167. The van der Waals surface area contributed by atoms with Gasteiger partial charge in [-0.25, -0.2) is 12.8 Å². The number of aromatic nitrogens is 3. The van der Waals surface area contributed by atoms with E-state index in [-0.39, 0.29) is 10.9 Å². The van der Waals surface area contributed by atoms with Crippen molar-refractivity contribution in [2.75, 3.05) is 20.2 Å². The second-order valence-electron chi connectivity index (χ2n) is 5.68. The largest absolute Gasteiger partial charge is 0.377 e. The first-order valence-corrected chi connectivity index (χ1v) is 9.09. The Morgan fingerprint density at radius 3 is 2.75 bits per heavy atom. The molecule has 2 heterocycles. The average Bonchev–Trinajstić information content (AvgIpc) is 3.04. The molecule has 7 nitrogen and oxygen atoms in total. The Kier molecular flexibility index (Phi) is 4.93. The van der Waals surface area contributed by atoms with Gasteiger partial charge in [0.25, 0.3) is 0 Å². The highest BCUT2D eigenvalue weighted by atomic mass is 32.2. The Morgan fingerprint density at radius 2 is 2.08 bits per heavy atom. The monoisotopic (exact) mass is 354 g/mol. The van der Waals surface area contributed by atoms with Gasteiger partial charge in [-0.3, -0.25) is 0 Å². The molecule has 24 heavy (non-hydrogen) atoms. The van der Waals surface area contributed by atoms with Crippen LogP contribution in [0, 0.1) is 5.82 Å². The van der Waals surface area contributed by atoms with Gasteiger partial charge in [0.05, 0.1) is 4.90 Å². The molecule has 1 aliphatic heterocycles. The molecule has 0 radical (unpaired) electrons. The molecule has 0 N–H and O–H groups in total. The first-order chi connectivity index (χ1) is 11.5. The van der Waals surface area contributed by atoms with Gasteiger partial charge < -0.3 is 9.30 Å². The number of nitrogens with zero attached hydrogens (tertiary/aromatic N) is 4. The lowest BCUT2D eigenvalue weighted by Gasteiger charge is -2.32. The summed E-state index contributed by atoms with van der Waals surface area (Å²) in [4.78, 5) is -0.00896. The molecule has 0 amide bonds. The highest BCUT2D eigenvalue weighted by molar-refractivity contribution is 7.89. The number of ether oxygens (including phenoxy) is 1. The van der Waals surface area contributed by atoms with Gasteiger partial charge in [0.1, 0.15) is 18.8 Å². The number of sulfonamides is 1. The molecule has 3 rings (SSSR count). The lowest BCUT2D eigenvalue weighted by atomic mass is 10.1. The van der Waals surface area contributed by atoms with Crippen LogP contribution in [0.1, 0.15) is 24.7 Å². The van der Waals surface area contributed by atoms with E-state index in [1.165, 1.54) is 22.5 Å². The van der Waals surface area contributed by atoms with Gasteiger partial charge in [-0.05, 0) is 31.0 Å². The van der Waals surface area contributed by atoms with Gasteiger partial charge in [-0.2, -0.15) is 4.31 Å². The molecular formula is C15H19FN4O3S. The van der Waals surface area contributed by atoms with Crippen molar-refractivity contribution in [3.05, 3.63) is 42.2 Å². The summed E-state index contributed by atoms with van der Waals surface area (Å²) in [6, 6.07) is 5.24. The molecule has 1 aromatic carbocycles. The molecule has 0 unspecified atom stereocenters. The Hall–Kier alpha value is -1.84. The van der Waals surface area contributed by atoms with Crippen molar-refractivity contribution in [2.24, 2.45) is 0 Å². The zero-order valence-electron chi connectivity index (χ0n) is 13.3. The predicted octanol–water partition coefficient (Wildman–Crippen LogP) is 1.59. The van der Waals surface area contributed by atoms with E-state index in [9.17, 15) is 12.8 Å². The normalized spacial score (nSPS) is 17.2. The Balaban J connectivity index is 1.72. The highest BCUT2D eigenvalue weighted by Gasteiger charge is 2.30. The molecule has 1 saturated heterocycles. The second kappa shape index (κ2) is 6.96. The van der Waals surface area contributed by atoms with E-state index in [4.69, 9.17) is 4.74 Å². The first kappa shape index (κ1) is 17.0. The smallest absolute Gasteiger partial charge is 0.243 e. The predicted molar refractivity (Wildman–Crippen MR) is 84.2 cm³/mol. The third-order valence-corrected chi connectivity index (χ3v) is 6.07. The van der Waals surface area contributed by atoms with Gasteiger partial charge in [0.15, 0.2) is 5.82 Å². The highest BCUT2D eigenvalue weighted by Crippen LogP contribution is 2.27. The number of hydrogen-bond donors (Lipinski definition) is 0. The van der Waals surface area contributed by atoms with Crippen LogP contribution in [0.5, 0.6) is 0 Å². The van der Waals surface area contributed by atoms with E-state index in [0.29, 0.717) is 32.5 Å². The lowest BCUT2D eigenvalue weighted by Crippen LogP contribution is -2.39. The molecule has 2 aromatic rings. The third kappa shape index (κ3) is 3.33. The molecule has 0 saturated carbocycles. The molecule has 0 bridgehead atoms. The quantitative estimate of drug-likeness (QED) is 0.815. The number of methoxy groups -OCH3 is 1. The van der Waals surface area contributed by atoms with Crippen molar-refractivity contribution >= 4 is 10.0 Å². The maximum Gasteiger partial charge on any atom is 0.243 e. The Labute approximate surface area is 140 Å². The molecule has 1 fully saturated rings. The summed E-state index contributed by atoms with van der Waals surface area (Å²) in [5, 5.41) is 7.92. The zero-order valence-corrected chi connectivity index (χ0v) is 14.1. The van der Waals surface area contributed by atoms with Crippen molar-refractivity contribution < 1.29 is 17.5 Å². The van der Waals surface area contributed by atoms with Gasteiger partial charge in [-0.1, -0.05) is 6.07 Å². The van der Waals surface area contributed by atoms with Crippen LogP contribution in [0.2, 0.25) is 0 Å². The van der Waals surface area contributed by atoms with E-state index < -0.39 is 15.8 Å². The third-order valence-electron chi connectivity index (χ3n) is 4.17. The summed E-state index contributed by atoms with van der Waals surface area (Å²) >= 11 is 0. The molecule has 1 aromatic heterocycles. The van der Waals surface area contributed by atoms with Crippen LogP contribution in [-0.4, -0.2) is 47.7 Å². The van der Waals surface area contributed by atoms with E-state index in [1.54, 1.807) is 13.4 Å². The van der Waals surface area contributed by atoms with Crippen molar-refractivity contribution in [3.8, 4) is 0 Å². The van der Waals surface area contributed by atoms with Crippen molar-refractivity contribution in [1.82, 2.24) is 19.1 Å². The van der Waals surface area contributed by atoms with Gasteiger partial charge in [-0.15, -0.1) is 10.2 Å². The molecule has 1 aliphatic rings. The molecule has 0 aliphatic carbocycles. The van der Waals surface area contributed by atoms with Crippen molar-refractivity contribution in [3.63, 3.8) is 0 Å². The fourth-order valence-corrected chi connectivity index (χ4v) is 4.44. The maximum absolute atomic E-state index is 13.3. The van der Waals surface area contributed by atoms with Crippen molar-refractivity contribution in [1.29, 1.82) is 0 Å². The topological polar surface area (TPSA) is 77.3 Å². The number of hydrogen-bond acceptors (Lipinski definition) is 5. The molecule has 0 spiro atoms. The summed E-state index contributed by atoms with van der Waals surface area (Å²) in [7, 11) is -2.08. The first-order valence-electron chi connectivity index (χ1n) is 7.65. The second-order valence-corrected chi connectivity index (χ2v) is 7.62. The van der Waals surface area contributed by atoms with Gasteiger partial charge >= 0.3 is 0 Å². The van der Waals surface area contributed by atoms with E-state index in [1.807, 2.05) is 4.57 Å². The van der Waals surface area contributed by atoms with Crippen LogP contribution in [0.4, 0.5) is 4.39 Å². The van der Waals surface area contributed by atoms with E-state index >= 15 is 0 Å². The summed E-state index contributed by atoms with van der Waals surface area (Å²) in [6.07, 6.45) is 2.93. The Bertz CT molecular complexity index is 801. The molecule has 9 heteroatoms. The van der Waals surface area contributed by atoms with Gasteiger partial charge in [0, 0.05) is 26.2 Å². The number of halogens is 1. The Morgan fingerprint density at radius 1 is 1.33 bits per heavy atom. The van der Waals surface area contributed by atoms with Gasteiger partial charge in [0.2, 0.25) is 10.0 Å². The fraction of sp³-hybridized carbons (Fsp3) is 0.467. The average molecular weight is 354 g/mol. The minimum atomic E-state index is -3.67. The molecular weight excluding hydrogens is 335 g/mol. The van der Waals surface area contributed by atoms with Crippen LogP contribution in [-0.2, 0) is 21.4 Å². The van der Waals surface area contributed by atoms with Crippen molar-refractivity contribution in [2.45, 2.75) is 30.4 Å². The summed E-state index contributed by atoms with van der Waals surface area (Å²) in [5.41, 5.74) is 0. The minimum Gasteiger partial charge on any atom is -0.377 e. The van der Waals surface area contributed by atoms with E-state index in [2.05, 4.69) is 10.2 Å².